The number of halogens is 1. The largest absolute Gasteiger partial charge is 0.486 e. The summed E-state index contributed by atoms with van der Waals surface area (Å²) in [6, 6.07) is 12.6. The second-order valence-electron chi connectivity index (χ2n) is 6.03. The van der Waals surface area contributed by atoms with E-state index in [1.807, 2.05) is 30.3 Å². The predicted octanol–water partition coefficient (Wildman–Crippen LogP) is 4.16. The molecule has 0 fully saturated rings. The van der Waals surface area contributed by atoms with Crippen LogP contribution >= 0.6 is 22.9 Å². The van der Waals surface area contributed by atoms with Crippen LogP contribution in [0.3, 0.4) is 0 Å². The van der Waals surface area contributed by atoms with Crippen molar-refractivity contribution < 1.29 is 14.3 Å². The Balaban J connectivity index is 1.39. The van der Waals surface area contributed by atoms with Gasteiger partial charge in [-0.05, 0) is 18.2 Å². The van der Waals surface area contributed by atoms with E-state index in [4.69, 9.17) is 21.1 Å². The number of amides is 1. The number of carbonyl (C=O) groups is 1. The molecule has 7 nitrogen and oxygen atoms in total. The number of aromatic nitrogens is 3. The Morgan fingerprint density at radius 1 is 1.14 bits per heavy atom. The molecule has 0 radical (unpaired) electrons. The molecule has 2 aromatic carbocycles. The van der Waals surface area contributed by atoms with Crippen LogP contribution in [-0.4, -0.2) is 33.9 Å². The lowest BCUT2D eigenvalue weighted by atomic mass is 10.3. The molecule has 1 N–H and O–H groups in total. The summed E-state index contributed by atoms with van der Waals surface area (Å²) in [5.41, 5.74) is 1.71. The Labute approximate surface area is 168 Å². The van der Waals surface area contributed by atoms with Gasteiger partial charge in [-0.2, -0.15) is 5.10 Å². The highest BCUT2D eigenvalue weighted by Crippen LogP contribution is 2.37. The van der Waals surface area contributed by atoms with E-state index >= 15 is 0 Å². The number of hydrogen-bond donors (Lipinski definition) is 1. The fourth-order valence-electron chi connectivity index (χ4n) is 2.90. The maximum absolute atomic E-state index is 12.6. The van der Waals surface area contributed by atoms with E-state index in [9.17, 15) is 4.79 Å². The second-order valence-corrected chi connectivity index (χ2v) is 7.47. The number of thiazole rings is 1. The van der Waals surface area contributed by atoms with Crippen molar-refractivity contribution in [2.24, 2.45) is 0 Å². The Hall–Kier alpha value is -3.10. The number of nitrogens with one attached hydrogen (secondary N) is 1. The number of hydrogen-bond acceptors (Lipinski definition) is 6. The third-order valence-corrected chi connectivity index (χ3v) is 5.45. The molecule has 0 bridgehead atoms. The molecule has 0 saturated carbocycles. The molecule has 2 aromatic heterocycles. The lowest BCUT2D eigenvalue weighted by molar-refractivity contribution is 0.102. The minimum absolute atomic E-state index is 0.269. The van der Waals surface area contributed by atoms with Gasteiger partial charge < -0.3 is 9.47 Å². The van der Waals surface area contributed by atoms with Crippen molar-refractivity contribution in [1.29, 1.82) is 0 Å². The SMILES string of the molecule is O=C(Nc1nc2cc3c(cc2s1)OCCO3)c1ccn(-c2ccccc2Cl)n1. The third-order valence-electron chi connectivity index (χ3n) is 4.19. The molecule has 1 aliphatic rings. The van der Waals surface area contributed by atoms with Crippen molar-refractivity contribution >= 4 is 44.2 Å². The van der Waals surface area contributed by atoms with Crippen LogP contribution < -0.4 is 14.8 Å². The molecule has 1 amide bonds. The number of fused-ring (bicyclic) bond motifs is 2. The smallest absolute Gasteiger partial charge is 0.277 e. The van der Waals surface area contributed by atoms with Crippen molar-refractivity contribution in [3.63, 3.8) is 0 Å². The maximum atomic E-state index is 12.6. The summed E-state index contributed by atoms with van der Waals surface area (Å²) in [5, 5.41) is 8.14. The van der Waals surface area contributed by atoms with Crippen LogP contribution in [-0.2, 0) is 0 Å². The van der Waals surface area contributed by atoms with Gasteiger partial charge in [-0.1, -0.05) is 35.1 Å². The van der Waals surface area contributed by atoms with E-state index < -0.39 is 0 Å². The van der Waals surface area contributed by atoms with Gasteiger partial charge in [0.1, 0.15) is 13.2 Å². The van der Waals surface area contributed by atoms with Crippen molar-refractivity contribution in [3.05, 3.63) is 59.4 Å². The first-order chi connectivity index (χ1) is 13.7. The van der Waals surface area contributed by atoms with Gasteiger partial charge in [0.2, 0.25) is 0 Å². The fourth-order valence-corrected chi connectivity index (χ4v) is 3.99. The van der Waals surface area contributed by atoms with E-state index in [1.54, 1.807) is 23.0 Å². The lowest BCUT2D eigenvalue weighted by Crippen LogP contribution is -2.15. The Morgan fingerprint density at radius 2 is 1.93 bits per heavy atom. The zero-order chi connectivity index (χ0) is 19.1. The molecule has 28 heavy (non-hydrogen) atoms. The highest BCUT2D eigenvalue weighted by atomic mass is 35.5. The van der Waals surface area contributed by atoms with E-state index in [2.05, 4.69) is 15.4 Å². The average Bonchev–Trinajstić information content (AvgIpc) is 3.33. The van der Waals surface area contributed by atoms with Crippen LogP contribution in [0.1, 0.15) is 10.5 Å². The standard InChI is InChI=1S/C19H13ClN4O3S/c20-11-3-1-2-4-14(11)24-6-5-12(23-24)18(25)22-19-21-13-9-15-16(10-17(13)28-19)27-8-7-26-15/h1-6,9-10H,7-8H2,(H,21,22,25). The molecule has 140 valence electrons. The molecule has 4 aromatic rings. The molecule has 1 aliphatic heterocycles. The van der Waals surface area contributed by atoms with E-state index in [1.165, 1.54) is 11.3 Å². The summed E-state index contributed by atoms with van der Waals surface area (Å²) < 4.78 is 13.6. The summed E-state index contributed by atoms with van der Waals surface area (Å²) in [7, 11) is 0. The fraction of sp³-hybridized carbons (Fsp3) is 0.105. The Kier molecular flexibility index (Phi) is 4.14. The molecular weight excluding hydrogens is 400 g/mol. The maximum Gasteiger partial charge on any atom is 0.277 e. The summed E-state index contributed by atoms with van der Waals surface area (Å²) >= 11 is 7.55. The van der Waals surface area contributed by atoms with Crippen LogP contribution in [0.25, 0.3) is 15.9 Å². The summed E-state index contributed by atoms with van der Waals surface area (Å²) in [6.45, 7) is 1.04. The van der Waals surface area contributed by atoms with Gasteiger partial charge in [-0.3, -0.25) is 10.1 Å². The Morgan fingerprint density at radius 3 is 2.75 bits per heavy atom. The van der Waals surface area contributed by atoms with Crippen LogP contribution in [0.15, 0.2) is 48.7 Å². The first-order valence-corrected chi connectivity index (χ1v) is 9.69. The molecule has 3 heterocycles. The number of ether oxygens (including phenoxy) is 2. The molecule has 0 atom stereocenters. The quantitative estimate of drug-likeness (QED) is 0.546. The van der Waals surface area contributed by atoms with E-state index in [0.717, 1.165) is 10.2 Å². The number of benzene rings is 2. The average molecular weight is 413 g/mol. The number of carbonyl (C=O) groups excluding carboxylic acids is 1. The monoisotopic (exact) mass is 412 g/mol. The zero-order valence-electron chi connectivity index (χ0n) is 14.4. The normalized spacial score (nSPS) is 12.9. The minimum Gasteiger partial charge on any atom is -0.486 e. The van der Waals surface area contributed by atoms with Crippen molar-refractivity contribution in [3.8, 4) is 17.2 Å². The van der Waals surface area contributed by atoms with Gasteiger partial charge in [0.25, 0.3) is 5.91 Å². The summed E-state index contributed by atoms with van der Waals surface area (Å²) in [6.07, 6.45) is 1.69. The van der Waals surface area contributed by atoms with Gasteiger partial charge in [0.05, 0.1) is 20.9 Å². The van der Waals surface area contributed by atoms with Crippen molar-refractivity contribution in [2.75, 3.05) is 18.5 Å². The van der Waals surface area contributed by atoms with Crippen LogP contribution in [0.4, 0.5) is 5.13 Å². The highest BCUT2D eigenvalue weighted by molar-refractivity contribution is 7.22. The number of rotatable bonds is 3. The first kappa shape index (κ1) is 17.0. The zero-order valence-corrected chi connectivity index (χ0v) is 16.0. The molecular formula is C19H13ClN4O3S. The predicted molar refractivity (Wildman–Crippen MR) is 107 cm³/mol. The second kappa shape index (κ2) is 6.81. The van der Waals surface area contributed by atoms with Gasteiger partial charge in [-0.25, -0.2) is 9.67 Å². The van der Waals surface area contributed by atoms with E-state index in [0.29, 0.717) is 40.6 Å². The molecule has 0 spiro atoms. The van der Waals surface area contributed by atoms with Crippen molar-refractivity contribution in [2.45, 2.75) is 0 Å². The summed E-state index contributed by atoms with van der Waals surface area (Å²) in [5.74, 6) is 1.02. The molecule has 0 aliphatic carbocycles. The van der Waals surface area contributed by atoms with Gasteiger partial charge in [0.15, 0.2) is 22.3 Å². The lowest BCUT2D eigenvalue weighted by Gasteiger charge is -2.17. The highest BCUT2D eigenvalue weighted by Gasteiger charge is 2.17. The van der Waals surface area contributed by atoms with Gasteiger partial charge in [-0.15, -0.1) is 0 Å². The van der Waals surface area contributed by atoms with Crippen LogP contribution in [0, 0.1) is 0 Å². The number of anilines is 1. The number of para-hydroxylation sites is 1. The van der Waals surface area contributed by atoms with E-state index in [-0.39, 0.29) is 11.6 Å². The number of nitrogens with zero attached hydrogens (tertiary/aromatic N) is 3. The van der Waals surface area contributed by atoms with Crippen molar-refractivity contribution in [1.82, 2.24) is 14.8 Å². The molecule has 5 rings (SSSR count). The minimum atomic E-state index is -0.345. The third kappa shape index (κ3) is 3.06. The van der Waals surface area contributed by atoms with Crippen LogP contribution in [0.5, 0.6) is 11.5 Å². The first-order valence-electron chi connectivity index (χ1n) is 8.49. The molecule has 0 saturated heterocycles. The molecule has 0 unspecified atom stereocenters. The van der Waals surface area contributed by atoms with Gasteiger partial charge >= 0.3 is 0 Å². The topological polar surface area (TPSA) is 78.3 Å². The molecule has 9 heteroatoms. The van der Waals surface area contributed by atoms with Crippen LogP contribution in [0.2, 0.25) is 5.02 Å². The van der Waals surface area contributed by atoms with Gasteiger partial charge in [0, 0.05) is 18.3 Å². The summed E-state index contributed by atoms with van der Waals surface area (Å²) in [4.78, 5) is 17.0. The Bertz CT molecular complexity index is 1160.